The van der Waals surface area contributed by atoms with Gasteiger partial charge in [0.25, 0.3) is 0 Å². The quantitative estimate of drug-likeness (QED) is 0.309. The minimum atomic E-state index is 0.0191. The molecule has 2 nitrogen and oxygen atoms in total. The van der Waals surface area contributed by atoms with Gasteiger partial charge in [-0.3, -0.25) is 4.79 Å². The molecule has 1 aliphatic rings. The minimum Gasteiger partial charge on any atom is -0.348 e. The summed E-state index contributed by atoms with van der Waals surface area (Å²) in [5.41, 5.74) is 0.806. The third-order valence-corrected chi connectivity index (χ3v) is 1.21. The van der Waals surface area contributed by atoms with Gasteiger partial charge in [0.1, 0.15) is 0 Å². The molecule has 0 aromatic carbocycles. The number of carbonyl (C=O) groups is 1. The predicted octanol–water partition coefficient (Wildman–Crippen LogP) is 0.281. The van der Waals surface area contributed by atoms with Crippen LogP contribution in [0.1, 0.15) is 0 Å². The lowest BCUT2D eigenvalue weighted by Gasteiger charge is -2.16. The number of rotatable bonds is 1. The fourth-order valence-electron chi connectivity index (χ4n) is 0.521. The molecule has 1 aliphatic heterocycles. The first kappa shape index (κ1) is 5.63. The van der Waals surface area contributed by atoms with Gasteiger partial charge >= 0.3 is 0 Å². The average molecular weight is 132 g/mol. The van der Waals surface area contributed by atoms with Crippen LogP contribution in [0.15, 0.2) is 11.6 Å². The van der Waals surface area contributed by atoms with E-state index in [2.05, 4.69) is 5.32 Å². The second-order valence-corrected chi connectivity index (χ2v) is 1.87. The van der Waals surface area contributed by atoms with Gasteiger partial charge in [-0.1, -0.05) is 6.08 Å². The Hall–Kier alpha value is -0.500. The van der Waals surface area contributed by atoms with Crippen molar-refractivity contribution in [3.63, 3.8) is 0 Å². The second kappa shape index (κ2) is 2.18. The van der Waals surface area contributed by atoms with E-state index in [1.807, 2.05) is 0 Å². The first-order valence-electron chi connectivity index (χ1n) is 2.38. The molecule has 1 heterocycles. The maximum atomic E-state index is 10.4. The zero-order valence-corrected chi connectivity index (χ0v) is 5.03. The number of hydrogen-bond acceptors (Lipinski definition) is 1. The molecule has 0 aliphatic carbocycles. The Balaban J connectivity index is 2.48. The van der Waals surface area contributed by atoms with Gasteiger partial charge in [0.2, 0.25) is 5.91 Å². The topological polar surface area (TPSA) is 29.1 Å². The van der Waals surface area contributed by atoms with Crippen LogP contribution in [0.25, 0.3) is 0 Å². The summed E-state index contributed by atoms with van der Waals surface area (Å²) in [4.78, 5) is 10.4. The lowest BCUT2D eigenvalue weighted by Crippen LogP contribution is -2.40. The van der Waals surface area contributed by atoms with E-state index in [1.54, 1.807) is 6.08 Å². The second-order valence-electron chi connectivity index (χ2n) is 1.57. The number of amides is 1. The zero-order chi connectivity index (χ0) is 5.98. The molecule has 1 amide bonds. The lowest BCUT2D eigenvalue weighted by atomic mass is 10.1. The summed E-state index contributed by atoms with van der Waals surface area (Å²) in [5.74, 6) is 0.452. The Kier molecular flexibility index (Phi) is 1.53. The fourth-order valence-corrected chi connectivity index (χ4v) is 0.707. The van der Waals surface area contributed by atoms with Gasteiger partial charge in [0, 0.05) is 18.0 Å². The monoisotopic (exact) mass is 131 g/mol. The first-order valence-corrected chi connectivity index (χ1v) is 2.91. The first-order chi connectivity index (χ1) is 3.84. The van der Waals surface area contributed by atoms with Crippen molar-refractivity contribution in [2.75, 3.05) is 12.4 Å². The summed E-state index contributed by atoms with van der Waals surface area (Å²) in [5, 5.41) is 2.58. The molecule has 8 heavy (non-hydrogen) atoms. The van der Waals surface area contributed by atoms with Gasteiger partial charge in [-0.05, 0) is 0 Å². The van der Waals surface area contributed by atoms with E-state index in [0.717, 1.165) is 5.57 Å². The Morgan fingerprint density at radius 1 is 1.88 bits per heavy atom. The molecule has 0 unspecified atom stereocenters. The number of allylic oxidation sites excluding steroid dienone is 1. The van der Waals surface area contributed by atoms with E-state index in [1.165, 1.54) is 0 Å². The summed E-state index contributed by atoms with van der Waals surface area (Å²) in [7, 11) is 0. The predicted molar refractivity (Wildman–Crippen MR) is 31.8 cm³/mol. The van der Waals surface area contributed by atoms with Crippen molar-refractivity contribution in [3.8, 4) is 0 Å². The molecule has 0 bridgehead atoms. The standard InChI is InChI=1S/C5H6ClNO/c6-2-1-4-3-7-5(4)8/h1H,2-3H2,(H,7,8)/b4-1-. The maximum absolute atomic E-state index is 10.4. The van der Waals surface area contributed by atoms with Crippen LogP contribution in [-0.2, 0) is 4.79 Å². The molecule has 0 saturated carbocycles. The van der Waals surface area contributed by atoms with E-state index < -0.39 is 0 Å². The number of halogens is 1. The highest BCUT2D eigenvalue weighted by atomic mass is 35.5. The van der Waals surface area contributed by atoms with Crippen LogP contribution < -0.4 is 5.32 Å². The molecule has 0 atom stereocenters. The Morgan fingerprint density at radius 3 is 2.75 bits per heavy atom. The number of alkyl halides is 1. The molecule has 0 spiro atoms. The molecular formula is C5H6ClNO. The number of β-lactam (4-membered cyclic amide) rings is 1. The van der Waals surface area contributed by atoms with Gasteiger partial charge < -0.3 is 5.32 Å². The van der Waals surface area contributed by atoms with Gasteiger partial charge in [0.05, 0.1) is 0 Å². The van der Waals surface area contributed by atoms with E-state index >= 15 is 0 Å². The Morgan fingerprint density at radius 2 is 2.62 bits per heavy atom. The lowest BCUT2D eigenvalue weighted by molar-refractivity contribution is -0.120. The Bertz CT molecular complexity index is 141. The van der Waals surface area contributed by atoms with Crippen molar-refractivity contribution < 1.29 is 4.79 Å². The highest BCUT2D eigenvalue weighted by Gasteiger charge is 2.17. The molecule has 1 N–H and O–H groups in total. The molecule has 1 fully saturated rings. The molecule has 1 rings (SSSR count). The smallest absolute Gasteiger partial charge is 0.248 e. The zero-order valence-electron chi connectivity index (χ0n) is 4.28. The summed E-state index contributed by atoms with van der Waals surface area (Å²) >= 11 is 5.32. The third kappa shape index (κ3) is 0.842. The van der Waals surface area contributed by atoms with Crippen LogP contribution in [0, 0.1) is 0 Å². The van der Waals surface area contributed by atoms with Crippen LogP contribution >= 0.6 is 11.6 Å². The number of carbonyl (C=O) groups excluding carboxylic acids is 1. The highest BCUT2D eigenvalue weighted by molar-refractivity contribution is 6.19. The van der Waals surface area contributed by atoms with Crippen LogP contribution in [0.4, 0.5) is 0 Å². The molecule has 1 saturated heterocycles. The molecule has 44 valence electrons. The van der Waals surface area contributed by atoms with E-state index in [-0.39, 0.29) is 5.91 Å². The maximum Gasteiger partial charge on any atom is 0.248 e. The minimum absolute atomic E-state index is 0.0191. The average Bonchev–Trinajstić information content (AvgIpc) is 1.79. The molecule has 0 aromatic heterocycles. The summed E-state index contributed by atoms with van der Waals surface area (Å²) < 4.78 is 0. The third-order valence-electron chi connectivity index (χ3n) is 1.05. The van der Waals surface area contributed by atoms with Crippen LogP contribution in [0.2, 0.25) is 0 Å². The van der Waals surface area contributed by atoms with E-state index in [9.17, 15) is 4.79 Å². The van der Waals surface area contributed by atoms with Crippen molar-refractivity contribution in [1.82, 2.24) is 5.32 Å². The van der Waals surface area contributed by atoms with Crippen molar-refractivity contribution >= 4 is 17.5 Å². The summed E-state index contributed by atoms with van der Waals surface area (Å²) in [6, 6.07) is 0. The normalized spacial score (nSPS) is 22.6. The van der Waals surface area contributed by atoms with Crippen molar-refractivity contribution in [2.24, 2.45) is 0 Å². The SMILES string of the molecule is O=C1NC/C1=C/CCl. The summed E-state index contributed by atoms with van der Waals surface area (Å²) in [6.07, 6.45) is 1.72. The fraction of sp³-hybridized carbons (Fsp3) is 0.400. The van der Waals surface area contributed by atoms with Crippen LogP contribution in [0.3, 0.4) is 0 Å². The molecular weight excluding hydrogens is 126 g/mol. The van der Waals surface area contributed by atoms with Crippen molar-refractivity contribution in [3.05, 3.63) is 11.6 Å². The van der Waals surface area contributed by atoms with E-state index in [4.69, 9.17) is 11.6 Å². The van der Waals surface area contributed by atoms with Crippen molar-refractivity contribution in [1.29, 1.82) is 0 Å². The van der Waals surface area contributed by atoms with Gasteiger partial charge in [-0.2, -0.15) is 0 Å². The van der Waals surface area contributed by atoms with Crippen molar-refractivity contribution in [2.45, 2.75) is 0 Å². The van der Waals surface area contributed by atoms with Gasteiger partial charge in [-0.15, -0.1) is 11.6 Å². The molecule has 0 radical (unpaired) electrons. The van der Waals surface area contributed by atoms with Gasteiger partial charge in [0.15, 0.2) is 0 Å². The molecule has 0 aromatic rings. The largest absolute Gasteiger partial charge is 0.348 e. The number of nitrogens with one attached hydrogen (secondary N) is 1. The van der Waals surface area contributed by atoms with E-state index in [0.29, 0.717) is 12.4 Å². The van der Waals surface area contributed by atoms with Crippen LogP contribution in [-0.4, -0.2) is 18.3 Å². The number of hydrogen-bond donors (Lipinski definition) is 1. The highest BCUT2D eigenvalue weighted by Crippen LogP contribution is 2.02. The Labute approximate surface area is 52.5 Å². The van der Waals surface area contributed by atoms with Crippen LogP contribution in [0.5, 0.6) is 0 Å². The van der Waals surface area contributed by atoms with Gasteiger partial charge in [-0.25, -0.2) is 0 Å². The molecule has 3 heteroatoms. The summed E-state index contributed by atoms with van der Waals surface area (Å²) in [6.45, 7) is 0.686.